The summed E-state index contributed by atoms with van der Waals surface area (Å²) in [5.74, 6) is 1.35. The second kappa shape index (κ2) is 6.68. The van der Waals surface area contributed by atoms with E-state index in [-0.39, 0.29) is 12.7 Å². The largest absolute Gasteiger partial charge is 0.454 e. The first-order valence-corrected chi connectivity index (χ1v) is 8.07. The van der Waals surface area contributed by atoms with E-state index >= 15 is 0 Å². The standard InChI is InChI=1S/C19H17N3O3/c23-19(16-11-15(21-22-16)14-4-2-1-3-5-14)20-9-8-13-6-7-17-18(10-13)25-12-24-17/h1-7,10-11H,8-9,12H2,(H,20,23)(H,21,22). The molecule has 1 aliphatic rings. The highest BCUT2D eigenvalue weighted by atomic mass is 16.7. The number of amides is 1. The average Bonchev–Trinajstić information content (AvgIpc) is 3.31. The van der Waals surface area contributed by atoms with Gasteiger partial charge in [-0.2, -0.15) is 5.10 Å². The van der Waals surface area contributed by atoms with E-state index in [1.54, 1.807) is 6.07 Å². The molecule has 0 fully saturated rings. The zero-order chi connectivity index (χ0) is 17.1. The van der Waals surface area contributed by atoms with Crippen LogP contribution in [-0.2, 0) is 6.42 Å². The molecule has 0 atom stereocenters. The van der Waals surface area contributed by atoms with Crippen LogP contribution in [-0.4, -0.2) is 29.4 Å². The Balaban J connectivity index is 1.34. The summed E-state index contributed by atoms with van der Waals surface area (Å²) in [4.78, 5) is 12.2. The molecule has 0 spiro atoms. The zero-order valence-corrected chi connectivity index (χ0v) is 13.5. The number of benzene rings is 2. The maximum Gasteiger partial charge on any atom is 0.269 e. The summed E-state index contributed by atoms with van der Waals surface area (Å²) in [7, 11) is 0. The number of aromatic nitrogens is 2. The monoisotopic (exact) mass is 335 g/mol. The Hall–Kier alpha value is -3.28. The van der Waals surface area contributed by atoms with E-state index in [1.165, 1.54) is 0 Å². The van der Waals surface area contributed by atoms with Crippen LogP contribution in [0.1, 0.15) is 16.1 Å². The van der Waals surface area contributed by atoms with E-state index in [2.05, 4.69) is 15.5 Å². The Kier molecular flexibility index (Phi) is 4.08. The first kappa shape index (κ1) is 15.3. The molecule has 25 heavy (non-hydrogen) atoms. The lowest BCUT2D eigenvalue weighted by Gasteiger charge is -2.05. The highest BCUT2D eigenvalue weighted by Crippen LogP contribution is 2.32. The first-order chi connectivity index (χ1) is 12.3. The maximum absolute atomic E-state index is 12.2. The molecule has 3 aromatic rings. The molecular weight excluding hydrogens is 318 g/mol. The topological polar surface area (TPSA) is 76.2 Å². The second-order valence-electron chi connectivity index (χ2n) is 5.73. The molecule has 4 rings (SSSR count). The second-order valence-corrected chi connectivity index (χ2v) is 5.73. The SMILES string of the molecule is O=C(NCCc1ccc2c(c1)OCO2)c1cc(-c2ccccc2)n[nH]1. The van der Waals surface area contributed by atoms with Crippen molar-refractivity contribution in [1.82, 2.24) is 15.5 Å². The molecule has 1 amide bonds. The molecule has 2 N–H and O–H groups in total. The van der Waals surface area contributed by atoms with E-state index in [9.17, 15) is 4.79 Å². The number of nitrogens with zero attached hydrogens (tertiary/aromatic N) is 1. The van der Waals surface area contributed by atoms with Gasteiger partial charge in [0.1, 0.15) is 5.69 Å². The lowest BCUT2D eigenvalue weighted by molar-refractivity contribution is 0.0949. The number of rotatable bonds is 5. The summed E-state index contributed by atoms with van der Waals surface area (Å²) in [6, 6.07) is 17.3. The Morgan fingerprint density at radius 3 is 2.80 bits per heavy atom. The number of carbonyl (C=O) groups is 1. The molecule has 2 aromatic carbocycles. The lowest BCUT2D eigenvalue weighted by Crippen LogP contribution is -2.26. The number of ether oxygens (including phenoxy) is 2. The van der Waals surface area contributed by atoms with Gasteiger partial charge in [0.2, 0.25) is 6.79 Å². The average molecular weight is 335 g/mol. The van der Waals surface area contributed by atoms with Crippen LogP contribution in [0.25, 0.3) is 11.3 Å². The van der Waals surface area contributed by atoms with Crippen molar-refractivity contribution in [2.75, 3.05) is 13.3 Å². The van der Waals surface area contributed by atoms with Gasteiger partial charge in [-0.05, 0) is 30.2 Å². The predicted octanol–water partition coefficient (Wildman–Crippen LogP) is 2.78. The van der Waals surface area contributed by atoms with Gasteiger partial charge in [0.25, 0.3) is 5.91 Å². The summed E-state index contributed by atoms with van der Waals surface area (Å²) >= 11 is 0. The Labute approximate surface area is 144 Å². The number of carbonyl (C=O) groups excluding carboxylic acids is 1. The van der Waals surface area contributed by atoms with Crippen molar-refractivity contribution >= 4 is 5.91 Å². The van der Waals surface area contributed by atoms with Gasteiger partial charge in [0.05, 0.1) is 5.69 Å². The Morgan fingerprint density at radius 2 is 1.92 bits per heavy atom. The van der Waals surface area contributed by atoms with Crippen molar-refractivity contribution in [1.29, 1.82) is 0 Å². The van der Waals surface area contributed by atoms with Crippen LogP contribution in [0.5, 0.6) is 11.5 Å². The van der Waals surface area contributed by atoms with Crippen molar-refractivity contribution < 1.29 is 14.3 Å². The summed E-state index contributed by atoms with van der Waals surface area (Å²) in [6.45, 7) is 0.789. The minimum atomic E-state index is -0.171. The fourth-order valence-corrected chi connectivity index (χ4v) is 2.71. The first-order valence-electron chi connectivity index (χ1n) is 8.07. The van der Waals surface area contributed by atoms with Gasteiger partial charge in [-0.15, -0.1) is 0 Å². The van der Waals surface area contributed by atoms with Crippen LogP contribution in [0.3, 0.4) is 0 Å². The van der Waals surface area contributed by atoms with Crippen LogP contribution < -0.4 is 14.8 Å². The third-order valence-corrected chi connectivity index (χ3v) is 4.03. The van der Waals surface area contributed by atoms with Crippen molar-refractivity contribution in [2.45, 2.75) is 6.42 Å². The number of hydrogen-bond acceptors (Lipinski definition) is 4. The summed E-state index contributed by atoms with van der Waals surface area (Å²) < 4.78 is 10.6. The molecule has 0 aliphatic carbocycles. The Bertz CT molecular complexity index is 890. The molecule has 6 nitrogen and oxygen atoms in total. The van der Waals surface area contributed by atoms with E-state index in [0.29, 0.717) is 18.7 Å². The van der Waals surface area contributed by atoms with Crippen LogP contribution in [0, 0.1) is 0 Å². The highest BCUT2D eigenvalue weighted by Gasteiger charge is 2.14. The van der Waals surface area contributed by atoms with Gasteiger partial charge in [0.15, 0.2) is 11.5 Å². The summed E-state index contributed by atoms with van der Waals surface area (Å²) in [5, 5.41) is 9.88. The molecule has 0 saturated carbocycles. The molecule has 0 bridgehead atoms. The number of nitrogens with one attached hydrogen (secondary N) is 2. The summed E-state index contributed by atoms with van der Waals surface area (Å²) in [5.41, 5.74) is 3.25. The third-order valence-electron chi connectivity index (χ3n) is 4.03. The van der Waals surface area contributed by atoms with Gasteiger partial charge < -0.3 is 14.8 Å². The van der Waals surface area contributed by atoms with E-state index in [1.807, 2.05) is 48.5 Å². The molecule has 0 saturated heterocycles. The molecule has 0 radical (unpaired) electrons. The maximum atomic E-state index is 12.2. The molecule has 2 heterocycles. The quantitative estimate of drug-likeness (QED) is 0.752. The fraction of sp³-hybridized carbons (Fsp3) is 0.158. The lowest BCUT2D eigenvalue weighted by atomic mass is 10.1. The van der Waals surface area contributed by atoms with E-state index in [0.717, 1.165) is 28.3 Å². The number of H-pyrrole nitrogens is 1. The molecule has 6 heteroatoms. The van der Waals surface area contributed by atoms with Gasteiger partial charge in [0, 0.05) is 12.1 Å². The molecule has 126 valence electrons. The number of fused-ring (bicyclic) bond motifs is 1. The molecule has 1 aliphatic heterocycles. The smallest absolute Gasteiger partial charge is 0.269 e. The summed E-state index contributed by atoms with van der Waals surface area (Å²) in [6.07, 6.45) is 0.710. The van der Waals surface area contributed by atoms with Gasteiger partial charge >= 0.3 is 0 Å². The van der Waals surface area contributed by atoms with Crippen LogP contribution in [0.2, 0.25) is 0 Å². The predicted molar refractivity (Wildman–Crippen MR) is 92.6 cm³/mol. The van der Waals surface area contributed by atoms with Crippen LogP contribution in [0.15, 0.2) is 54.6 Å². The van der Waals surface area contributed by atoms with Gasteiger partial charge in [-0.1, -0.05) is 36.4 Å². The zero-order valence-electron chi connectivity index (χ0n) is 13.5. The van der Waals surface area contributed by atoms with Crippen LogP contribution in [0.4, 0.5) is 0 Å². The highest BCUT2D eigenvalue weighted by molar-refractivity contribution is 5.93. The molecule has 1 aromatic heterocycles. The minimum absolute atomic E-state index is 0.171. The number of hydrogen-bond donors (Lipinski definition) is 2. The van der Waals surface area contributed by atoms with Crippen LogP contribution >= 0.6 is 0 Å². The number of aromatic amines is 1. The van der Waals surface area contributed by atoms with Gasteiger partial charge in [-0.25, -0.2) is 0 Å². The molecular formula is C19H17N3O3. The minimum Gasteiger partial charge on any atom is -0.454 e. The van der Waals surface area contributed by atoms with Crippen molar-refractivity contribution in [3.8, 4) is 22.8 Å². The van der Waals surface area contributed by atoms with Gasteiger partial charge in [-0.3, -0.25) is 9.89 Å². The van der Waals surface area contributed by atoms with E-state index in [4.69, 9.17) is 9.47 Å². The Morgan fingerprint density at radius 1 is 1.08 bits per heavy atom. The molecule has 0 unspecified atom stereocenters. The van der Waals surface area contributed by atoms with Crippen molar-refractivity contribution in [3.05, 3.63) is 65.9 Å². The fourth-order valence-electron chi connectivity index (χ4n) is 2.71. The van der Waals surface area contributed by atoms with Crippen molar-refractivity contribution in [3.63, 3.8) is 0 Å². The van der Waals surface area contributed by atoms with Crippen molar-refractivity contribution in [2.24, 2.45) is 0 Å². The third kappa shape index (κ3) is 3.33. The normalized spacial score (nSPS) is 12.2. The van der Waals surface area contributed by atoms with E-state index < -0.39 is 0 Å².